The molecule has 0 spiro atoms. The predicted molar refractivity (Wildman–Crippen MR) is 87.8 cm³/mol. The van der Waals surface area contributed by atoms with Crippen LogP contribution in [0.2, 0.25) is 0 Å². The van der Waals surface area contributed by atoms with Crippen molar-refractivity contribution in [3.05, 3.63) is 29.8 Å². The van der Waals surface area contributed by atoms with Gasteiger partial charge in [0.2, 0.25) is 0 Å². The summed E-state index contributed by atoms with van der Waals surface area (Å²) < 4.78 is 17.3. The zero-order valence-electron chi connectivity index (χ0n) is 13.5. The summed E-state index contributed by atoms with van der Waals surface area (Å²) in [7, 11) is -0.897. The topological polar surface area (TPSA) is 38.3 Å². The third-order valence-corrected chi connectivity index (χ3v) is 4.99. The number of rotatable bonds is 5. The van der Waals surface area contributed by atoms with Gasteiger partial charge < -0.3 is 10.1 Å². The highest BCUT2D eigenvalue weighted by Crippen LogP contribution is 2.34. The number of benzene rings is 1. The van der Waals surface area contributed by atoms with Crippen LogP contribution < -0.4 is 5.32 Å². The lowest BCUT2D eigenvalue weighted by atomic mass is 9.81. The van der Waals surface area contributed by atoms with Gasteiger partial charge in [-0.2, -0.15) is 0 Å². The van der Waals surface area contributed by atoms with E-state index < -0.39 is 10.8 Å². The molecule has 0 amide bonds. The fourth-order valence-electron chi connectivity index (χ4n) is 3.00. The highest BCUT2D eigenvalue weighted by Gasteiger charge is 2.36. The first-order valence-electron chi connectivity index (χ1n) is 7.62. The first-order valence-corrected chi connectivity index (χ1v) is 9.18. The zero-order valence-corrected chi connectivity index (χ0v) is 14.3. The van der Waals surface area contributed by atoms with Crippen molar-refractivity contribution in [1.29, 1.82) is 0 Å². The molecule has 3 atom stereocenters. The molecule has 0 radical (unpaired) electrons. The Hall–Kier alpha value is -0.710. The van der Waals surface area contributed by atoms with E-state index in [0.717, 1.165) is 31.0 Å². The monoisotopic (exact) mass is 309 g/mol. The second kappa shape index (κ2) is 7.03. The molecular weight excluding hydrogens is 282 g/mol. The molecule has 0 saturated carbocycles. The van der Waals surface area contributed by atoms with Crippen molar-refractivity contribution in [3.63, 3.8) is 0 Å². The maximum absolute atomic E-state index is 11.4. The van der Waals surface area contributed by atoms with Gasteiger partial charge in [0.25, 0.3) is 0 Å². The summed E-state index contributed by atoms with van der Waals surface area (Å²) in [5.74, 6) is 0.590. The molecule has 1 fully saturated rings. The number of ether oxygens (including phenoxy) is 1. The SMILES string of the molecule is C[S@@](=O)c1ccc(CNC[C@H]2CCO[C@@H]2C(C)(C)C)cc1. The maximum atomic E-state index is 11.4. The third-order valence-electron chi connectivity index (χ3n) is 4.06. The fourth-order valence-corrected chi connectivity index (χ4v) is 3.52. The van der Waals surface area contributed by atoms with Crippen LogP contribution >= 0.6 is 0 Å². The average molecular weight is 309 g/mol. The molecule has 1 saturated heterocycles. The molecule has 0 bridgehead atoms. The van der Waals surface area contributed by atoms with E-state index in [1.54, 1.807) is 6.26 Å². The van der Waals surface area contributed by atoms with Crippen LogP contribution in [0, 0.1) is 11.3 Å². The van der Waals surface area contributed by atoms with Gasteiger partial charge in [0.1, 0.15) is 0 Å². The van der Waals surface area contributed by atoms with Gasteiger partial charge in [-0.25, -0.2) is 0 Å². The molecule has 21 heavy (non-hydrogen) atoms. The predicted octanol–water partition coefficient (Wildman–Crippen LogP) is 2.96. The lowest BCUT2D eigenvalue weighted by molar-refractivity contribution is 0.00721. The van der Waals surface area contributed by atoms with E-state index in [2.05, 4.69) is 38.2 Å². The molecule has 1 heterocycles. The van der Waals surface area contributed by atoms with E-state index >= 15 is 0 Å². The van der Waals surface area contributed by atoms with Crippen LogP contribution in [0.4, 0.5) is 0 Å². The Balaban J connectivity index is 1.82. The fraction of sp³-hybridized carbons (Fsp3) is 0.647. The van der Waals surface area contributed by atoms with Gasteiger partial charge in [-0.05, 0) is 29.5 Å². The van der Waals surface area contributed by atoms with Crippen molar-refractivity contribution in [2.75, 3.05) is 19.4 Å². The molecule has 4 heteroatoms. The first-order chi connectivity index (χ1) is 9.88. The standard InChI is InChI=1S/C17H27NO2S/c1-17(2,3)16-14(9-10-20-16)12-18-11-13-5-7-15(8-6-13)21(4)19/h5-8,14,16,18H,9-12H2,1-4H3/t14-,16+,21-/m1/s1. The van der Waals surface area contributed by atoms with Gasteiger partial charge in [0, 0.05) is 47.6 Å². The van der Waals surface area contributed by atoms with Gasteiger partial charge in [0.05, 0.1) is 6.10 Å². The van der Waals surface area contributed by atoms with E-state index in [1.807, 2.05) is 12.1 Å². The number of hydrogen-bond acceptors (Lipinski definition) is 3. The minimum Gasteiger partial charge on any atom is -0.377 e. The van der Waals surface area contributed by atoms with Crippen LogP contribution in [0.1, 0.15) is 32.8 Å². The molecule has 3 nitrogen and oxygen atoms in total. The Morgan fingerprint density at radius 3 is 2.52 bits per heavy atom. The second-order valence-corrected chi connectivity index (χ2v) is 8.31. The van der Waals surface area contributed by atoms with Gasteiger partial charge in [0.15, 0.2) is 0 Å². The van der Waals surface area contributed by atoms with Crippen LogP contribution in [-0.2, 0) is 22.1 Å². The summed E-state index contributed by atoms with van der Waals surface area (Å²) in [5.41, 5.74) is 1.44. The minimum absolute atomic E-state index is 0.204. The summed E-state index contributed by atoms with van der Waals surface area (Å²) >= 11 is 0. The van der Waals surface area contributed by atoms with Gasteiger partial charge in [-0.1, -0.05) is 32.9 Å². The molecule has 1 N–H and O–H groups in total. The molecule has 1 aliphatic heterocycles. The van der Waals surface area contributed by atoms with E-state index in [9.17, 15) is 4.21 Å². The molecule has 0 aromatic heterocycles. The lowest BCUT2D eigenvalue weighted by Gasteiger charge is -2.31. The zero-order chi connectivity index (χ0) is 15.5. The molecule has 2 rings (SSSR count). The summed E-state index contributed by atoms with van der Waals surface area (Å²) in [6.07, 6.45) is 3.19. The molecule has 0 unspecified atom stereocenters. The molecule has 118 valence electrons. The highest BCUT2D eigenvalue weighted by molar-refractivity contribution is 7.84. The van der Waals surface area contributed by atoms with E-state index in [0.29, 0.717) is 12.0 Å². The van der Waals surface area contributed by atoms with Gasteiger partial charge in [-0.3, -0.25) is 4.21 Å². The quantitative estimate of drug-likeness (QED) is 0.909. The molecule has 0 aliphatic carbocycles. The van der Waals surface area contributed by atoms with Crippen molar-refractivity contribution in [3.8, 4) is 0 Å². The Bertz CT molecular complexity index is 479. The summed E-state index contributed by atoms with van der Waals surface area (Å²) in [6, 6.07) is 8.00. The van der Waals surface area contributed by atoms with Crippen LogP contribution in [0.25, 0.3) is 0 Å². The lowest BCUT2D eigenvalue weighted by Crippen LogP contribution is -2.36. The Morgan fingerprint density at radius 1 is 1.29 bits per heavy atom. The normalized spacial score (nSPS) is 24.2. The molecule has 1 aromatic carbocycles. The van der Waals surface area contributed by atoms with Crippen LogP contribution in [0.3, 0.4) is 0 Å². The van der Waals surface area contributed by atoms with E-state index in [1.165, 1.54) is 5.56 Å². The minimum atomic E-state index is -0.897. The van der Waals surface area contributed by atoms with Crippen molar-refractivity contribution in [2.24, 2.45) is 11.3 Å². The maximum Gasteiger partial charge on any atom is 0.0664 e. The van der Waals surface area contributed by atoms with Crippen LogP contribution in [0.15, 0.2) is 29.2 Å². The molecule has 1 aromatic rings. The molecular formula is C17H27NO2S. The van der Waals surface area contributed by atoms with E-state index in [-0.39, 0.29) is 5.41 Å². The third kappa shape index (κ3) is 4.63. The first kappa shape index (κ1) is 16.7. The highest BCUT2D eigenvalue weighted by atomic mass is 32.2. The number of hydrogen-bond donors (Lipinski definition) is 1. The molecule has 1 aliphatic rings. The summed E-state index contributed by atoms with van der Waals surface area (Å²) in [4.78, 5) is 0.885. The summed E-state index contributed by atoms with van der Waals surface area (Å²) in [5, 5.41) is 3.54. The average Bonchev–Trinajstić information content (AvgIpc) is 2.88. The van der Waals surface area contributed by atoms with Crippen LogP contribution in [0.5, 0.6) is 0 Å². The van der Waals surface area contributed by atoms with Crippen LogP contribution in [-0.4, -0.2) is 29.7 Å². The largest absolute Gasteiger partial charge is 0.377 e. The van der Waals surface area contributed by atoms with Crippen molar-refractivity contribution < 1.29 is 8.95 Å². The Kier molecular flexibility index (Phi) is 5.58. The van der Waals surface area contributed by atoms with Crippen molar-refractivity contribution in [1.82, 2.24) is 5.32 Å². The van der Waals surface area contributed by atoms with E-state index in [4.69, 9.17) is 4.74 Å². The van der Waals surface area contributed by atoms with Crippen molar-refractivity contribution in [2.45, 2.75) is 44.7 Å². The Morgan fingerprint density at radius 2 is 1.95 bits per heavy atom. The van der Waals surface area contributed by atoms with Crippen molar-refractivity contribution >= 4 is 10.8 Å². The smallest absolute Gasteiger partial charge is 0.0664 e. The second-order valence-electron chi connectivity index (χ2n) is 6.94. The van der Waals surface area contributed by atoms with Gasteiger partial charge >= 0.3 is 0 Å². The number of nitrogens with one attached hydrogen (secondary N) is 1. The van der Waals surface area contributed by atoms with Gasteiger partial charge in [-0.15, -0.1) is 0 Å². The summed E-state index contributed by atoms with van der Waals surface area (Å²) in [6.45, 7) is 9.47. The Labute approximate surface area is 130 Å².